The van der Waals surface area contributed by atoms with Crippen molar-refractivity contribution in [1.29, 1.82) is 0 Å². The minimum absolute atomic E-state index is 0.313. The van der Waals surface area contributed by atoms with E-state index in [1.165, 1.54) is 0 Å². The summed E-state index contributed by atoms with van der Waals surface area (Å²) >= 11 is 11.5. The van der Waals surface area contributed by atoms with E-state index in [1.54, 1.807) is 24.0 Å². The van der Waals surface area contributed by atoms with Crippen LogP contribution in [0.25, 0.3) is 11.0 Å². The lowest BCUT2D eigenvalue weighted by Crippen LogP contribution is -1.91. The van der Waals surface area contributed by atoms with E-state index in [2.05, 4.69) is 10.1 Å². The summed E-state index contributed by atoms with van der Waals surface area (Å²) in [5.41, 5.74) is 0.740. The van der Waals surface area contributed by atoms with Gasteiger partial charge in [0.15, 0.2) is 5.65 Å². The Morgan fingerprint density at radius 2 is 2.17 bits per heavy atom. The van der Waals surface area contributed by atoms with Gasteiger partial charge in [-0.05, 0) is 6.07 Å². The Balaban J connectivity index is 2.87. The first kappa shape index (κ1) is 7.83. The van der Waals surface area contributed by atoms with E-state index in [1.807, 2.05) is 0 Å². The molecule has 12 heavy (non-hydrogen) atoms. The molecule has 2 rings (SSSR count). The summed E-state index contributed by atoms with van der Waals surface area (Å²) in [6, 6.07) is 1.75. The fourth-order valence-electron chi connectivity index (χ4n) is 1.03. The largest absolute Gasteiger partial charge is 0.250 e. The van der Waals surface area contributed by atoms with E-state index in [0.717, 1.165) is 11.0 Å². The number of halogens is 2. The third-order valence-electron chi connectivity index (χ3n) is 1.62. The Morgan fingerprint density at radius 1 is 1.42 bits per heavy atom. The van der Waals surface area contributed by atoms with Gasteiger partial charge < -0.3 is 0 Å². The molecule has 0 aliphatic rings. The molecule has 0 aromatic carbocycles. The van der Waals surface area contributed by atoms with Crippen molar-refractivity contribution in [3.8, 4) is 0 Å². The van der Waals surface area contributed by atoms with Gasteiger partial charge in [0.2, 0.25) is 0 Å². The summed E-state index contributed by atoms with van der Waals surface area (Å²) in [5, 5.41) is 5.68. The summed E-state index contributed by atoms with van der Waals surface area (Å²) in [5.74, 6) is 0. The lowest BCUT2D eigenvalue weighted by Gasteiger charge is -1.95. The van der Waals surface area contributed by atoms with Crippen LogP contribution in [0.15, 0.2) is 12.3 Å². The van der Waals surface area contributed by atoms with E-state index in [4.69, 9.17) is 23.2 Å². The molecule has 0 bridgehead atoms. The molecule has 0 fully saturated rings. The van der Waals surface area contributed by atoms with Crippen LogP contribution >= 0.6 is 23.2 Å². The van der Waals surface area contributed by atoms with Crippen LogP contribution in [-0.2, 0) is 7.05 Å². The van der Waals surface area contributed by atoms with Gasteiger partial charge in [-0.3, -0.25) is 4.68 Å². The molecule has 0 saturated heterocycles. The van der Waals surface area contributed by atoms with Crippen molar-refractivity contribution < 1.29 is 0 Å². The van der Waals surface area contributed by atoms with Crippen LogP contribution in [0.3, 0.4) is 0 Å². The molecule has 2 aromatic heterocycles. The van der Waals surface area contributed by atoms with Gasteiger partial charge in [-0.2, -0.15) is 5.10 Å². The SMILES string of the molecule is Cn1ncc2cc(Cl)c(Cl)nc21. The highest BCUT2D eigenvalue weighted by molar-refractivity contribution is 6.41. The predicted molar refractivity (Wildman–Crippen MR) is 48.5 cm³/mol. The Kier molecular flexibility index (Phi) is 1.70. The highest BCUT2D eigenvalue weighted by Gasteiger charge is 2.05. The van der Waals surface area contributed by atoms with Crippen molar-refractivity contribution in [2.24, 2.45) is 7.05 Å². The Morgan fingerprint density at radius 3 is 2.92 bits per heavy atom. The van der Waals surface area contributed by atoms with Crippen LogP contribution in [0.1, 0.15) is 0 Å². The third kappa shape index (κ3) is 1.06. The van der Waals surface area contributed by atoms with Crippen LogP contribution in [0, 0.1) is 0 Å². The molecular formula is C7H5Cl2N3. The van der Waals surface area contributed by atoms with Gasteiger partial charge in [-0.1, -0.05) is 23.2 Å². The molecule has 2 aromatic rings. The van der Waals surface area contributed by atoms with Crippen molar-refractivity contribution in [2.45, 2.75) is 0 Å². The van der Waals surface area contributed by atoms with E-state index >= 15 is 0 Å². The van der Waals surface area contributed by atoms with Gasteiger partial charge in [-0.25, -0.2) is 4.98 Å². The predicted octanol–water partition coefficient (Wildman–Crippen LogP) is 2.28. The van der Waals surface area contributed by atoms with Crippen LogP contribution in [0.5, 0.6) is 0 Å². The third-order valence-corrected chi connectivity index (χ3v) is 2.29. The summed E-state index contributed by atoms with van der Waals surface area (Å²) < 4.78 is 1.65. The Labute approximate surface area is 78.9 Å². The summed E-state index contributed by atoms with van der Waals surface area (Å²) in [7, 11) is 1.81. The van der Waals surface area contributed by atoms with Crippen molar-refractivity contribution in [1.82, 2.24) is 14.8 Å². The first-order valence-corrected chi connectivity index (χ1v) is 4.08. The zero-order chi connectivity index (χ0) is 8.72. The highest BCUT2D eigenvalue weighted by Crippen LogP contribution is 2.23. The maximum atomic E-state index is 5.77. The minimum Gasteiger partial charge on any atom is -0.250 e. The zero-order valence-corrected chi connectivity index (χ0v) is 7.76. The summed E-state index contributed by atoms with van der Waals surface area (Å²) in [4.78, 5) is 4.07. The Bertz CT molecular complexity index is 435. The highest BCUT2D eigenvalue weighted by atomic mass is 35.5. The van der Waals surface area contributed by atoms with Crippen molar-refractivity contribution in [3.63, 3.8) is 0 Å². The molecule has 0 amide bonds. The van der Waals surface area contributed by atoms with Crippen molar-refractivity contribution in [2.75, 3.05) is 0 Å². The van der Waals surface area contributed by atoms with Gasteiger partial charge in [0.1, 0.15) is 5.15 Å². The molecule has 0 aliphatic carbocycles. The standard InChI is InChI=1S/C7H5Cl2N3/c1-12-7-4(3-10-12)2-5(8)6(9)11-7/h2-3H,1H3. The monoisotopic (exact) mass is 201 g/mol. The number of rotatable bonds is 0. The van der Waals surface area contributed by atoms with Crippen LogP contribution in [0.4, 0.5) is 0 Å². The first-order chi connectivity index (χ1) is 5.68. The van der Waals surface area contributed by atoms with Crippen molar-refractivity contribution in [3.05, 3.63) is 22.4 Å². The number of aromatic nitrogens is 3. The number of fused-ring (bicyclic) bond motifs is 1. The number of pyridine rings is 1. The second-order valence-electron chi connectivity index (χ2n) is 2.44. The molecule has 0 aliphatic heterocycles. The molecule has 0 N–H and O–H groups in total. The van der Waals surface area contributed by atoms with Gasteiger partial charge in [0.05, 0.1) is 11.2 Å². The number of aryl methyl sites for hydroxylation is 1. The number of nitrogens with zero attached hydrogens (tertiary/aromatic N) is 3. The van der Waals surface area contributed by atoms with Crippen LogP contribution in [-0.4, -0.2) is 14.8 Å². The molecule has 0 radical (unpaired) electrons. The molecule has 0 unspecified atom stereocenters. The van der Waals surface area contributed by atoms with Gasteiger partial charge in [0, 0.05) is 12.4 Å². The van der Waals surface area contributed by atoms with Gasteiger partial charge in [-0.15, -0.1) is 0 Å². The van der Waals surface area contributed by atoms with Crippen molar-refractivity contribution >= 4 is 34.2 Å². The normalized spacial score (nSPS) is 10.9. The van der Waals surface area contributed by atoms with E-state index in [9.17, 15) is 0 Å². The topological polar surface area (TPSA) is 30.7 Å². The average molecular weight is 202 g/mol. The number of hydrogen-bond acceptors (Lipinski definition) is 2. The first-order valence-electron chi connectivity index (χ1n) is 3.32. The second-order valence-corrected chi connectivity index (χ2v) is 3.21. The number of hydrogen-bond donors (Lipinski definition) is 0. The van der Waals surface area contributed by atoms with Gasteiger partial charge >= 0.3 is 0 Å². The zero-order valence-electron chi connectivity index (χ0n) is 6.25. The molecule has 5 heteroatoms. The van der Waals surface area contributed by atoms with Gasteiger partial charge in [0.25, 0.3) is 0 Å². The molecule has 2 heterocycles. The molecule has 0 spiro atoms. The van der Waals surface area contributed by atoms with E-state index in [0.29, 0.717) is 10.2 Å². The molecule has 62 valence electrons. The fourth-order valence-corrected chi connectivity index (χ4v) is 1.32. The summed E-state index contributed by atoms with van der Waals surface area (Å²) in [6.45, 7) is 0. The smallest absolute Gasteiger partial charge is 0.159 e. The second kappa shape index (κ2) is 2.61. The van der Waals surface area contributed by atoms with E-state index < -0.39 is 0 Å². The lowest BCUT2D eigenvalue weighted by atomic mass is 10.4. The molecule has 0 atom stereocenters. The quantitative estimate of drug-likeness (QED) is 0.613. The molecular weight excluding hydrogens is 197 g/mol. The van der Waals surface area contributed by atoms with E-state index in [-0.39, 0.29) is 0 Å². The lowest BCUT2D eigenvalue weighted by molar-refractivity contribution is 0.786. The molecule has 0 saturated carbocycles. The minimum atomic E-state index is 0.313. The summed E-state index contributed by atoms with van der Waals surface area (Å²) in [6.07, 6.45) is 1.70. The average Bonchev–Trinajstić information content (AvgIpc) is 2.35. The Hall–Kier alpha value is -0.800. The fraction of sp³-hybridized carbons (Fsp3) is 0.143. The maximum absolute atomic E-state index is 5.77. The molecule has 3 nitrogen and oxygen atoms in total. The maximum Gasteiger partial charge on any atom is 0.159 e. The van der Waals surface area contributed by atoms with Crippen LogP contribution in [0.2, 0.25) is 10.2 Å². The van der Waals surface area contributed by atoms with Crippen LogP contribution < -0.4 is 0 Å².